The molecule has 4 nitrogen and oxygen atoms in total. The van der Waals surface area contributed by atoms with Gasteiger partial charge in [-0.05, 0) is 18.9 Å². The SMILES string of the molecule is CN(c1ccc([N+](=O)[O-])cc1Cl)C1CCCCC1. The number of nitrogens with zero attached hydrogens (tertiary/aromatic N) is 2. The molecule has 1 fully saturated rings. The van der Waals surface area contributed by atoms with Gasteiger partial charge in [0.05, 0.1) is 15.6 Å². The minimum atomic E-state index is -0.420. The Hall–Kier alpha value is -1.29. The maximum absolute atomic E-state index is 10.7. The van der Waals surface area contributed by atoms with Crippen molar-refractivity contribution in [3.05, 3.63) is 33.3 Å². The summed E-state index contributed by atoms with van der Waals surface area (Å²) in [6.45, 7) is 0. The van der Waals surface area contributed by atoms with Crippen molar-refractivity contribution in [2.24, 2.45) is 0 Å². The van der Waals surface area contributed by atoms with Gasteiger partial charge in [-0.3, -0.25) is 10.1 Å². The highest BCUT2D eigenvalue weighted by Gasteiger charge is 2.21. The van der Waals surface area contributed by atoms with Gasteiger partial charge in [0.15, 0.2) is 0 Å². The number of hydrogen-bond acceptors (Lipinski definition) is 3. The first-order valence-electron chi connectivity index (χ1n) is 6.26. The Kier molecular flexibility index (Phi) is 4.07. The number of nitro benzene ring substituents is 1. The van der Waals surface area contributed by atoms with Gasteiger partial charge in [0.1, 0.15) is 0 Å². The van der Waals surface area contributed by atoms with Crippen LogP contribution in [-0.4, -0.2) is 18.0 Å². The van der Waals surface area contributed by atoms with Crippen molar-refractivity contribution in [2.45, 2.75) is 38.1 Å². The van der Waals surface area contributed by atoms with Crippen molar-refractivity contribution in [3.8, 4) is 0 Å². The van der Waals surface area contributed by atoms with Crippen molar-refractivity contribution in [1.29, 1.82) is 0 Å². The van der Waals surface area contributed by atoms with E-state index in [-0.39, 0.29) is 5.69 Å². The van der Waals surface area contributed by atoms with Gasteiger partial charge >= 0.3 is 0 Å². The lowest BCUT2D eigenvalue weighted by molar-refractivity contribution is -0.384. The largest absolute Gasteiger partial charge is 0.370 e. The van der Waals surface area contributed by atoms with Crippen LogP contribution in [0.15, 0.2) is 18.2 Å². The van der Waals surface area contributed by atoms with Gasteiger partial charge in [0.2, 0.25) is 0 Å². The number of nitro groups is 1. The number of non-ortho nitro benzene ring substituents is 1. The topological polar surface area (TPSA) is 46.4 Å². The zero-order valence-electron chi connectivity index (χ0n) is 10.4. The van der Waals surface area contributed by atoms with Gasteiger partial charge in [0.25, 0.3) is 5.69 Å². The van der Waals surface area contributed by atoms with E-state index in [1.165, 1.54) is 44.2 Å². The van der Waals surface area contributed by atoms with E-state index in [1.807, 2.05) is 7.05 Å². The molecular weight excluding hydrogens is 252 g/mol. The van der Waals surface area contributed by atoms with Crippen molar-refractivity contribution in [2.75, 3.05) is 11.9 Å². The van der Waals surface area contributed by atoms with E-state index >= 15 is 0 Å². The third-order valence-electron chi connectivity index (χ3n) is 3.64. The van der Waals surface area contributed by atoms with Gasteiger partial charge in [-0.2, -0.15) is 0 Å². The Morgan fingerprint density at radius 2 is 2.00 bits per heavy atom. The molecule has 0 aliphatic heterocycles. The average Bonchev–Trinajstić information content (AvgIpc) is 2.38. The van der Waals surface area contributed by atoms with Crippen LogP contribution in [0.1, 0.15) is 32.1 Å². The molecule has 0 aromatic heterocycles. The molecule has 0 N–H and O–H groups in total. The molecule has 0 bridgehead atoms. The molecule has 0 saturated heterocycles. The summed E-state index contributed by atoms with van der Waals surface area (Å²) in [4.78, 5) is 12.4. The van der Waals surface area contributed by atoms with E-state index in [2.05, 4.69) is 4.90 Å². The average molecular weight is 269 g/mol. The number of rotatable bonds is 3. The molecule has 0 radical (unpaired) electrons. The Morgan fingerprint density at radius 1 is 1.33 bits per heavy atom. The van der Waals surface area contributed by atoms with Crippen molar-refractivity contribution in [1.82, 2.24) is 0 Å². The third-order valence-corrected chi connectivity index (χ3v) is 3.95. The summed E-state index contributed by atoms with van der Waals surface area (Å²) in [6, 6.07) is 5.18. The van der Waals surface area contributed by atoms with E-state index in [1.54, 1.807) is 6.07 Å². The molecule has 1 aliphatic rings. The molecule has 98 valence electrons. The molecule has 1 saturated carbocycles. The summed E-state index contributed by atoms with van der Waals surface area (Å²) in [7, 11) is 2.02. The van der Waals surface area contributed by atoms with Gasteiger partial charge in [-0.1, -0.05) is 30.9 Å². The first kappa shape index (κ1) is 13.1. The monoisotopic (exact) mass is 268 g/mol. The standard InChI is InChI=1S/C13H17ClN2O2/c1-15(10-5-3-2-4-6-10)13-8-7-11(16(17)18)9-12(13)14/h7-10H,2-6H2,1H3. The Morgan fingerprint density at radius 3 is 2.56 bits per heavy atom. The quantitative estimate of drug-likeness (QED) is 0.614. The second-order valence-corrected chi connectivity index (χ2v) is 5.20. The van der Waals surface area contributed by atoms with Crippen LogP contribution in [0, 0.1) is 10.1 Å². The molecule has 1 aromatic carbocycles. The zero-order valence-corrected chi connectivity index (χ0v) is 11.2. The first-order valence-corrected chi connectivity index (χ1v) is 6.64. The number of anilines is 1. The van der Waals surface area contributed by atoms with E-state index in [0.717, 1.165) is 5.69 Å². The lowest BCUT2D eigenvalue weighted by atomic mass is 9.94. The molecule has 2 rings (SSSR count). The summed E-state index contributed by atoms with van der Waals surface area (Å²) in [6.07, 6.45) is 6.14. The maximum atomic E-state index is 10.7. The predicted octanol–water partition coefficient (Wildman–Crippen LogP) is 4.02. The highest BCUT2D eigenvalue weighted by Crippen LogP contribution is 2.33. The van der Waals surface area contributed by atoms with Crippen LogP contribution in [0.4, 0.5) is 11.4 Å². The molecular formula is C13H17ClN2O2. The molecule has 5 heteroatoms. The molecule has 0 atom stereocenters. The minimum absolute atomic E-state index is 0.0424. The molecule has 0 amide bonds. The third kappa shape index (κ3) is 2.75. The Labute approximate surface area is 112 Å². The number of benzene rings is 1. The smallest absolute Gasteiger partial charge is 0.271 e. The predicted molar refractivity (Wildman–Crippen MR) is 73.4 cm³/mol. The normalized spacial score (nSPS) is 16.6. The van der Waals surface area contributed by atoms with E-state index in [4.69, 9.17) is 11.6 Å². The fourth-order valence-electron chi connectivity index (χ4n) is 2.56. The van der Waals surface area contributed by atoms with Crippen molar-refractivity contribution in [3.63, 3.8) is 0 Å². The van der Waals surface area contributed by atoms with Gasteiger partial charge in [-0.25, -0.2) is 0 Å². The second kappa shape index (κ2) is 5.57. The molecule has 18 heavy (non-hydrogen) atoms. The van der Waals surface area contributed by atoms with Gasteiger partial charge in [0, 0.05) is 25.2 Å². The van der Waals surface area contributed by atoms with Crippen LogP contribution in [-0.2, 0) is 0 Å². The lowest BCUT2D eigenvalue weighted by Gasteiger charge is -2.33. The fourth-order valence-corrected chi connectivity index (χ4v) is 2.87. The van der Waals surface area contributed by atoms with Crippen molar-refractivity contribution < 1.29 is 4.92 Å². The summed E-state index contributed by atoms with van der Waals surface area (Å²) in [5, 5.41) is 11.1. The molecule has 0 unspecified atom stereocenters. The van der Waals surface area contributed by atoms with E-state index in [9.17, 15) is 10.1 Å². The summed E-state index contributed by atoms with van der Waals surface area (Å²) >= 11 is 6.14. The van der Waals surface area contributed by atoms with Crippen LogP contribution in [0.25, 0.3) is 0 Å². The van der Waals surface area contributed by atoms with Crippen LogP contribution < -0.4 is 4.90 Å². The zero-order chi connectivity index (χ0) is 13.1. The lowest BCUT2D eigenvalue weighted by Crippen LogP contribution is -2.33. The van der Waals surface area contributed by atoms with Gasteiger partial charge in [-0.15, -0.1) is 0 Å². The molecule has 0 spiro atoms. The minimum Gasteiger partial charge on any atom is -0.370 e. The van der Waals surface area contributed by atoms with Crippen LogP contribution in [0.3, 0.4) is 0 Å². The summed E-state index contributed by atoms with van der Waals surface area (Å²) < 4.78 is 0. The maximum Gasteiger partial charge on any atom is 0.271 e. The van der Waals surface area contributed by atoms with Crippen LogP contribution in [0.5, 0.6) is 0 Å². The Bertz CT molecular complexity index is 445. The fraction of sp³-hybridized carbons (Fsp3) is 0.538. The second-order valence-electron chi connectivity index (χ2n) is 4.80. The van der Waals surface area contributed by atoms with E-state index in [0.29, 0.717) is 11.1 Å². The summed E-state index contributed by atoms with van der Waals surface area (Å²) in [5.41, 5.74) is 0.926. The highest BCUT2D eigenvalue weighted by atomic mass is 35.5. The number of hydrogen-bond donors (Lipinski definition) is 0. The number of halogens is 1. The van der Waals surface area contributed by atoms with E-state index < -0.39 is 4.92 Å². The molecule has 0 heterocycles. The van der Waals surface area contributed by atoms with Crippen molar-refractivity contribution >= 4 is 23.0 Å². The Balaban J connectivity index is 2.19. The van der Waals surface area contributed by atoms with Crippen LogP contribution >= 0.6 is 11.6 Å². The molecule has 1 aromatic rings. The summed E-state index contributed by atoms with van der Waals surface area (Å²) in [5.74, 6) is 0. The van der Waals surface area contributed by atoms with Crippen LogP contribution in [0.2, 0.25) is 5.02 Å². The first-order chi connectivity index (χ1) is 8.59. The highest BCUT2D eigenvalue weighted by molar-refractivity contribution is 6.33. The molecule has 1 aliphatic carbocycles. The van der Waals surface area contributed by atoms with Gasteiger partial charge < -0.3 is 4.90 Å².